The van der Waals surface area contributed by atoms with Crippen molar-refractivity contribution >= 4 is 0 Å². The van der Waals surface area contributed by atoms with Gasteiger partial charge in [-0.2, -0.15) is 0 Å². The highest BCUT2D eigenvalue weighted by molar-refractivity contribution is 5.37. The maximum atomic E-state index is 4.26. The van der Waals surface area contributed by atoms with Gasteiger partial charge in [0.2, 0.25) is 0 Å². The summed E-state index contributed by atoms with van der Waals surface area (Å²) in [6.45, 7) is 12.9. The maximum absolute atomic E-state index is 4.26. The Labute approximate surface area is 220 Å². The lowest BCUT2D eigenvalue weighted by molar-refractivity contribution is 0.526. The zero-order valence-corrected chi connectivity index (χ0v) is 24.0. The molecule has 1 aliphatic heterocycles. The topological polar surface area (TPSA) is 24.1 Å². The fourth-order valence-electron chi connectivity index (χ4n) is 5.01. The van der Waals surface area contributed by atoms with Crippen molar-refractivity contribution in [3.8, 4) is 0 Å². The van der Waals surface area contributed by atoms with Crippen LogP contribution in [-0.2, 0) is 0 Å². The quantitative estimate of drug-likeness (QED) is 0.141. The molecule has 2 nitrogen and oxygen atoms in total. The second-order valence-electron chi connectivity index (χ2n) is 10.7. The van der Waals surface area contributed by atoms with Gasteiger partial charge in [-0.1, -0.05) is 141 Å². The Morgan fingerprint density at radius 2 is 1.29 bits per heavy atom. The molecular formula is C33H60N2. The van der Waals surface area contributed by atoms with Gasteiger partial charge in [0.25, 0.3) is 0 Å². The number of hydrogen-bond acceptors (Lipinski definition) is 2. The van der Waals surface area contributed by atoms with Crippen molar-refractivity contribution in [3.63, 3.8) is 0 Å². The largest absolute Gasteiger partial charge is 0.388 e. The summed E-state index contributed by atoms with van der Waals surface area (Å²) in [5, 5.41) is 7.00. The number of hydrogen-bond donors (Lipinski definition) is 2. The van der Waals surface area contributed by atoms with E-state index in [9.17, 15) is 0 Å². The van der Waals surface area contributed by atoms with Gasteiger partial charge in [0.15, 0.2) is 0 Å². The standard InChI is InChI=1S/C33H60N2/c1-5-7-8-9-10-11-12-13-14-15-16-17-18-19-20-21-22-23-31(4)35-27-25-33-29-34-26-24-30(3)28-32(33)6-2/h24,28-29,34-35H,4-23,25-27H2,1-3H3/b30-24-,32-28?,33-29?. The van der Waals surface area contributed by atoms with Crippen LogP contribution in [0.15, 0.2) is 47.3 Å². The van der Waals surface area contributed by atoms with Crippen molar-refractivity contribution < 1.29 is 0 Å². The Morgan fingerprint density at radius 3 is 1.80 bits per heavy atom. The van der Waals surface area contributed by atoms with Gasteiger partial charge in [-0.05, 0) is 43.8 Å². The van der Waals surface area contributed by atoms with E-state index < -0.39 is 0 Å². The number of nitrogens with one attached hydrogen (secondary N) is 2. The third kappa shape index (κ3) is 18.5. The van der Waals surface area contributed by atoms with E-state index in [1.54, 1.807) is 0 Å². The monoisotopic (exact) mass is 484 g/mol. The summed E-state index contributed by atoms with van der Waals surface area (Å²) in [5.41, 5.74) is 5.45. The first-order valence-electron chi connectivity index (χ1n) is 15.4. The lowest BCUT2D eigenvalue weighted by Gasteiger charge is -2.16. The van der Waals surface area contributed by atoms with Crippen molar-refractivity contribution in [3.05, 3.63) is 47.3 Å². The van der Waals surface area contributed by atoms with Crippen LogP contribution in [0.4, 0.5) is 0 Å². The van der Waals surface area contributed by atoms with Crippen LogP contribution >= 0.6 is 0 Å². The van der Waals surface area contributed by atoms with E-state index in [-0.39, 0.29) is 0 Å². The van der Waals surface area contributed by atoms with Gasteiger partial charge in [0, 0.05) is 25.0 Å². The number of rotatable bonds is 23. The zero-order chi connectivity index (χ0) is 25.4. The second-order valence-corrected chi connectivity index (χ2v) is 10.7. The molecule has 0 radical (unpaired) electrons. The first-order valence-corrected chi connectivity index (χ1v) is 15.4. The Hall–Kier alpha value is -1.44. The molecule has 0 amide bonds. The fourth-order valence-corrected chi connectivity index (χ4v) is 5.01. The van der Waals surface area contributed by atoms with Gasteiger partial charge in [-0.25, -0.2) is 0 Å². The van der Waals surface area contributed by atoms with Gasteiger partial charge < -0.3 is 10.6 Å². The highest BCUT2D eigenvalue weighted by atomic mass is 14.9. The van der Waals surface area contributed by atoms with Crippen LogP contribution in [0.1, 0.15) is 149 Å². The molecule has 0 spiro atoms. The third-order valence-electron chi connectivity index (χ3n) is 7.36. The van der Waals surface area contributed by atoms with E-state index >= 15 is 0 Å². The van der Waals surface area contributed by atoms with Crippen molar-refractivity contribution in [1.82, 2.24) is 10.6 Å². The van der Waals surface area contributed by atoms with Gasteiger partial charge in [-0.15, -0.1) is 0 Å². The molecule has 0 atom stereocenters. The van der Waals surface area contributed by atoms with E-state index in [1.807, 2.05) is 0 Å². The van der Waals surface area contributed by atoms with Gasteiger partial charge >= 0.3 is 0 Å². The average molecular weight is 485 g/mol. The molecule has 0 unspecified atom stereocenters. The predicted molar refractivity (Wildman–Crippen MR) is 159 cm³/mol. The molecule has 0 saturated heterocycles. The van der Waals surface area contributed by atoms with Crippen molar-refractivity contribution in [2.24, 2.45) is 0 Å². The van der Waals surface area contributed by atoms with E-state index in [0.29, 0.717) is 0 Å². The third-order valence-corrected chi connectivity index (χ3v) is 7.36. The minimum atomic E-state index is 0.919. The highest BCUT2D eigenvalue weighted by Crippen LogP contribution is 2.20. The van der Waals surface area contributed by atoms with E-state index in [1.165, 1.54) is 132 Å². The normalized spacial score (nSPS) is 15.3. The lowest BCUT2D eigenvalue weighted by atomic mass is 9.98. The molecule has 202 valence electrons. The number of allylic oxidation sites excluding steroid dienone is 4. The SMILES string of the molecule is C=C(CCCCCCCCCCCCCCCCCCC)NCCC1=CNC/C=C(/C)C=C1CC. The highest BCUT2D eigenvalue weighted by Gasteiger charge is 2.06. The van der Waals surface area contributed by atoms with E-state index in [0.717, 1.165) is 32.4 Å². The minimum Gasteiger partial charge on any atom is -0.388 e. The number of unbranched alkanes of at least 4 members (excludes halogenated alkanes) is 16. The molecule has 1 rings (SSSR count). The van der Waals surface area contributed by atoms with Crippen LogP contribution in [0.5, 0.6) is 0 Å². The van der Waals surface area contributed by atoms with Crippen molar-refractivity contribution in [2.75, 3.05) is 13.1 Å². The summed E-state index contributed by atoms with van der Waals surface area (Å²) in [7, 11) is 0. The fraction of sp³-hybridized carbons (Fsp3) is 0.758. The maximum Gasteiger partial charge on any atom is 0.0330 e. The summed E-state index contributed by atoms with van der Waals surface area (Å²) in [4.78, 5) is 0. The van der Waals surface area contributed by atoms with Crippen LogP contribution in [-0.4, -0.2) is 13.1 Å². The summed E-state index contributed by atoms with van der Waals surface area (Å²) in [6, 6.07) is 0. The minimum absolute atomic E-state index is 0.919. The molecule has 2 N–H and O–H groups in total. The summed E-state index contributed by atoms with van der Waals surface area (Å²) < 4.78 is 0. The molecule has 0 aromatic carbocycles. The summed E-state index contributed by atoms with van der Waals surface area (Å²) in [6.07, 6.45) is 34.3. The van der Waals surface area contributed by atoms with Crippen LogP contribution in [0.2, 0.25) is 0 Å². The molecule has 0 bridgehead atoms. The van der Waals surface area contributed by atoms with Gasteiger partial charge in [-0.3, -0.25) is 0 Å². The van der Waals surface area contributed by atoms with Crippen molar-refractivity contribution in [2.45, 2.75) is 149 Å². The predicted octanol–water partition coefficient (Wildman–Crippen LogP) is 10.3. The Morgan fingerprint density at radius 1 is 0.771 bits per heavy atom. The summed E-state index contributed by atoms with van der Waals surface area (Å²) >= 11 is 0. The first-order chi connectivity index (χ1) is 17.2. The van der Waals surface area contributed by atoms with Gasteiger partial charge in [0.1, 0.15) is 0 Å². The van der Waals surface area contributed by atoms with Gasteiger partial charge in [0.05, 0.1) is 0 Å². The Bertz CT molecular complexity index is 611. The van der Waals surface area contributed by atoms with Crippen molar-refractivity contribution in [1.29, 1.82) is 0 Å². The molecule has 1 heterocycles. The van der Waals surface area contributed by atoms with Crippen LogP contribution in [0.25, 0.3) is 0 Å². The molecule has 35 heavy (non-hydrogen) atoms. The van der Waals surface area contributed by atoms with Crippen LogP contribution in [0.3, 0.4) is 0 Å². The second kappa shape index (κ2) is 23.0. The smallest absolute Gasteiger partial charge is 0.0330 e. The molecule has 0 aliphatic carbocycles. The van der Waals surface area contributed by atoms with E-state index in [2.05, 4.69) is 56.3 Å². The molecule has 0 fully saturated rings. The van der Waals surface area contributed by atoms with E-state index in [4.69, 9.17) is 0 Å². The van der Waals surface area contributed by atoms with Crippen LogP contribution < -0.4 is 10.6 Å². The average Bonchev–Trinajstić information content (AvgIpc) is 2.84. The summed E-state index contributed by atoms with van der Waals surface area (Å²) in [5.74, 6) is 0. The molecule has 2 heteroatoms. The molecule has 0 aromatic rings. The Kier molecular flexibility index (Phi) is 20.7. The lowest BCUT2D eigenvalue weighted by Crippen LogP contribution is -2.16. The molecule has 0 saturated carbocycles. The first kappa shape index (κ1) is 31.6. The zero-order valence-electron chi connectivity index (χ0n) is 24.0. The molecule has 0 aromatic heterocycles. The van der Waals surface area contributed by atoms with Crippen LogP contribution in [0, 0.1) is 0 Å². The molecule has 1 aliphatic rings. The Balaban J connectivity index is 1.90. The molecular weight excluding hydrogens is 424 g/mol.